The van der Waals surface area contributed by atoms with Gasteiger partial charge in [-0.2, -0.15) is 0 Å². The Hall–Kier alpha value is -2.37. The number of aliphatic carboxylic acids is 1. The predicted molar refractivity (Wildman–Crippen MR) is 134 cm³/mol. The maximum Gasteiger partial charge on any atom is 0.303 e. The first-order valence-electron chi connectivity index (χ1n) is 13.0. The zero-order valence-corrected chi connectivity index (χ0v) is 21.3. The van der Waals surface area contributed by atoms with Gasteiger partial charge in [-0.1, -0.05) is 52.3 Å². The van der Waals surface area contributed by atoms with E-state index in [1.54, 1.807) is 0 Å². The minimum atomic E-state index is -0.856. The summed E-state index contributed by atoms with van der Waals surface area (Å²) in [5, 5.41) is 14.5. The molecule has 0 radical (unpaired) electrons. The van der Waals surface area contributed by atoms with E-state index in [0.29, 0.717) is 44.2 Å². The van der Waals surface area contributed by atoms with Crippen LogP contribution in [0.3, 0.4) is 0 Å². The zero-order valence-electron chi connectivity index (χ0n) is 21.3. The molecule has 0 heterocycles. The fraction of sp³-hybridized carbons (Fsp3) is 0.679. The minimum Gasteiger partial charge on any atom is -0.481 e. The zero-order chi connectivity index (χ0) is 24.9. The molecule has 1 aromatic rings. The van der Waals surface area contributed by atoms with E-state index >= 15 is 0 Å². The van der Waals surface area contributed by atoms with Gasteiger partial charge in [0, 0.05) is 25.9 Å². The van der Waals surface area contributed by atoms with Crippen molar-refractivity contribution in [1.29, 1.82) is 0 Å². The van der Waals surface area contributed by atoms with Gasteiger partial charge in [-0.15, -0.1) is 0 Å². The predicted octanol–water partition coefficient (Wildman–Crippen LogP) is 4.70. The number of amides is 2. The minimum absolute atomic E-state index is 0.0171. The van der Waals surface area contributed by atoms with Crippen LogP contribution in [0.4, 0.5) is 0 Å². The molecule has 1 fully saturated rings. The summed E-state index contributed by atoms with van der Waals surface area (Å²) >= 11 is 0. The SMILES string of the molecule is CC(C)c1ccc2c(c1)CC[C@H]1[C@](C)(C(=O)NCCCC(=O)NCCCC(=O)O)CCC[C@]21C. The molecule has 1 aromatic carbocycles. The molecule has 1 saturated carbocycles. The van der Waals surface area contributed by atoms with Crippen LogP contribution in [0.2, 0.25) is 0 Å². The van der Waals surface area contributed by atoms with Crippen LogP contribution in [0, 0.1) is 11.3 Å². The number of carbonyl (C=O) groups excluding carboxylic acids is 2. The number of rotatable bonds is 10. The molecule has 6 heteroatoms. The monoisotopic (exact) mass is 470 g/mol. The van der Waals surface area contributed by atoms with Gasteiger partial charge in [0.25, 0.3) is 0 Å². The number of fused-ring (bicyclic) bond motifs is 3. The van der Waals surface area contributed by atoms with Gasteiger partial charge in [-0.05, 0) is 72.5 Å². The van der Waals surface area contributed by atoms with Crippen molar-refractivity contribution < 1.29 is 19.5 Å². The first-order valence-corrected chi connectivity index (χ1v) is 13.0. The molecule has 0 bridgehead atoms. The Balaban J connectivity index is 1.57. The Kier molecular flexibility index (Phi) is 8.43. The highest BCUT2D eigenvalue weighted by Gasteiger charge is 2.54. The molecule has 188 valence electrons. The van der Waals surface area contributed by atoms with Gasteiger partial charge < -0.3 is 15.7 Å². The highest BCUT2D eigenvalue weighted by Crippen LogP contribution is 2.57. The second-order valence-corrected chi connectivity index (χ2v) is 11.1. The molecule has 3 N–H and O–H groups in total. The molecule has 0 saturated heterocycles. The van der Waals surface area contributed by atoms with Gasteiger partial charge in [0.15, 0.2) is 0 Å². The number of hydrogen-bond acceptors (Lipinski definition) is 3. The van der Waals surface area contributed by atoms with E-state index in [4.69, 9.17) is 5.11 Å². The fourth-order valence-electron chi connectivity index (χ4n) is 6.35. The number of carboxylic acid groups (broad SMARTS) is 1. The fourth-order valence-corrected chi connectivity index (χ4v) is 6.35. The van der Waals surface area contributed by atoms with Crippen molar-refractivity contribution in [2.45, 2.75) is 96.8 Å². The lowest BCUT2D eigenvalue weighted by molar-refractivity contribution is -0.139. The van der Waals surface area contributed by atoms with Crippen molar-refractivity contribution >= 4 is 17.8 Å². The smallest absolute Gasteiger partial charge is 0.303 e. The van der Waals surface area contributed by atoms with Crippen LogP contribution in [0.1, 0.15) is 102 Å². The molecule has 6 nitrogen and oxygen atoms in total. The Morgan fingerprint density at radius 3 is 2.47 bits per heavy atom. The maximum atomic E-state index is 13.4. The quantitative estimate of drug-likeness (QED) is 0.432. The lowest BCUT2D eigenvalue weighted by Crippen LogP contribution is -2.55. The molecule has 2 amide bonds. The number of carbonyl (C=O) groups is 3. The van der Waals surface area contributed by atoms with Crippen molar-refractivity contribution in [2.75, 3.05) is 13.1 Å². The van der Waals surface area contributed by atoms with Crippen LogP contribution in [0.15, 0.2) is 18.2 Å². The average Bonchev–Trinajstić information content (AvgIpc) is 2.78. The molecular formula is C28H42N2O4. The summed E-state index contributed by atoms with van der Waals surface area (Å²) in [7, 11) is 0. The third-order valence-corrected chi connectivity index (χ3v) is 8.32. The Bertz CT molecular complexity index is 912. The van der Waals surface area contributed by atoms with Crippen molar-refractivity contribution in [3.8, 4) is 0 Å². The number of carboxylic acids is 1. The molecule has 3 atom stereocenters. The molecule has 0 spiro atoms. The van der Waals surface area contributed by atoms with E-state index in [0.717, 1.165) is 32.1 Å². The molecule has 2 aliphatic rings. The van der Waals surface area contributed by atoms with Crippen LogP contribution in [0.25, 0.3) is 0 Å². The summed E-state index contributed by atoms with van der Waals surface area (Å²) in [6.45, 7) is 9.84. The van der Waals surface area contributed by atoms with Gasteiger partial charge in [-0.3, -0.25) is 14.4 Å². The number of aryl methyl sites for hydroxylation is 1. The van der Waals surface area contributed by atoms with Gasteiger partial charge in [0.2, 0.25) is 11.8 Å². The lowest BCUT2D eigenvalue weighted by Gasteiger charge is -2.54. The third-order valence-electron chi connectivity index (χ3n) is 8.32. The van der Waals surface area contributed by atoms with E-state index in [9.17, 15) is 14.4 Å². The van der Waals surface area contributed by atoms with Crippen molar-refractivity contribution in [1.82, 2.24) is 10.6 Å². The largest absolute Gasteiger partial charge is 0.481 e. The Morgan fingerprint density at radius 1 is 1.06 bits per heavy atom. The van der Waals surface area contributed by atoms with Crippen molar-refractivity contribution in [2.24, 2.45) is 11.3 Å². The van der Waals surface area contributed by atoms with Crippen LogP contribution < -0.4 is 10.6 Å². The standard InChI is InChI=1S/C28H42N2O4/c1-19(2)20-10-12-22-21(18-20)11-13-23-27(22,3)14-7-15-28(23,4)26(34)30-17-5-8-24(31)29-16-6-9-25(32)33/h10,12,18-19,23H,5-9,11,13-17H2,1-4H3,(H,29,31)(H,30,34)(H,32,33)/t23-,27-,28-/m1/s1. The van der Waals surface area contributed by atoms with E-state index < -0.39 is 11.4 Å². The lowest BCUT2D eigenvalue weighted by atomic mass is 9.49. The topological polar surface area (TPSA) is 95.5 Å². The molecule has 34 heavy (non-hydrogen) atoms. The van der Waals surface area contributed by atoms with Crippen molar-refractivity contribution in [3.05, 3.63) is 34.9 Å². The normalized spacial score (nSPS) is 25.9. The summed E-state index contributed by atoms with van der Waals surface area (Å²) in [4.78, 5) is 35.9. The van der Waals surface area contributed by atoms with E-state index in [-0.39, 0.29) is 23.7 Å². The van der Waals surface area contributed by atoms with Crippen LogP contribution in [0.5, 0.6) is 0 Å². The van der Waals surface area contributed by atoms with Gasteiger partial charge in [-0.25, -0.2) is 0 Å². The molecule has 0 aliphatic heterocycles. The highest BCUT2D eigenvalue weighted by molar-refractivity contribution is 5.83. The molecule has 0 aromatic heterocycles. The van der Waals surface area contributed by atoms with E-state index in [2.05, 4.69) is 56.5 Å². The van der Waals surface area contributed by atoms with Crippen LogP contribution >= 0.6 is 0 Å². The second kappa shape index (κ2) is 10.9. The number of hydrogen-bond donors (Lipinski definition) is 3. The first-order chi connectivity index (χ1) is 16.1. The van der Waals surface area contributed by atoms with E-state index in [1.165, 1.54) is 16.7 Å². The second-order valence-electron chi connectivity index (χ2n) is 11.1. The van der Waals surface area contributed by atoms with Crippen molar-refractivity contribution in [3.63, 3.8) is 0 Å². The average molecular weight is 471 g/mol. The Labute approximate surface area is 204 Å². The van der Waals surface area contributed by atoms with Gasteiger partial charge >= 0.3 is 5.97 Å². The van der Waals surface area contributed by atoms with Gasteiger partial charge in [0.05, 0.1) is 5.41 Å². The molecule has 0 unspecified atom stereocenters. The molecule has 3 rings (SSSR count). The third kappa shape index (κ3) is 5.64. The molecular weight excluding hydrogens is 428 g/mol. The summed E-state index contributed by atoms with van der Waals surface area (Å²) < 4.78 is 0. The summed E-state index contributed by atoms with van der Waals surface area (Å²) in [5.41, 5.74) is 3.91. The van der Waals surface area contributed by atoms with Crippen LogP contribution in [-0.2, 0) is 26.2 Å². The summed E-state index contributed by atoms with van der Waals surface area (Å²) in [6.07, 6.45) is 6.53. The summed E-state index contributed by atoms with van der Waals surface area (Å²) in [6, 6.07) is 6.99. The number of nitrogens with one attached hydrogen (secondary N) is 2. The summed E-state index contributed by atoms with van der Waals surface area (Å²) in [5.74, 6) is -0.00643. The van der Waals surface area contributed by atoms with Gasteiger partial charge in [0.1, 0.15) is 0 Å². The molecule has 2 aliphatic carbocycles. The Morgan fingerprint density at radius 2 is 1.76 bits per heavy atom. The van der Waals surface area contributed by atoms with E-state index in [1.807, 2.05) is 0 Å². The number of benzene rings is 1. The maximum absolute atomic E-state index is 13.4. The first kappa shape index (κ1) is 26.2. The highest BCUT2D eigenvalue weighted by atomic mass is 16.4. The van der Waals surface area contributed by atoms with Crippen LogP contribution in [-0.4, -0.2) is 36.0 Å².